The quantitative estimate of drug-likeness (QED) is 0.908. The largest absolute Gasteiger partial charge is 0.493 e. The summed E-state index contributed by atoms with van der Waals surface area (Å²) in [4.78, 5) is 1.91. The summed E-state index contributed by atoms with van der Waals surface area (Å²) in [6.45, 7) is 3.72. The summed E-state index contributed by atoms with van der Waals surface area (Å²) in [6, 6.07) is 9.26. The van der Waals surface area contributed by atoms with Crippen molar-refractivity contribution in [2.75, 3.05) is 14.2 Å². The zero-order valence-corrected chi connectivity index (χ0v) is 11.7. The van der Waals surface area contributed by atoms with Gasteiger partial charge in [0.2, 0.25) is 0 Å². The number of ether oxygens (including phenoxy) is 2. The van der Waals surface area contributed by atoms with Crippen LogP contribution in [0, 0.1) is 0 Å². The van der Waals surface area contributed by atoms with Crippen molar-refractivity contribution in [1.29, 1.82) is 0 Å². The maximum Gasteiger partial charge on any atom is 0.161 e. The van der Waals surface area contributed by atoms with E-state index < -0.39 is 6.10 Å². The molecular weight excluding hydrogens is 260 g/mol. The van der Waals surface area contributed by atoms with E-state index in [0.29, 0.717) is 11.5 Å². The molecule has 0 saturated carbocycles. The van der Waals surface area contributed by atoms with Gasteiger partial charge in [0.15, 0.2) is 11.5 Å². The second kappa shape index (κ2) is 5.91. The number of aliphatic hydroxyl groups is 1. The first kappa shape index (κ1) is 13.6. The molecule has 1 unspecified atom stereocenters. The number of thiophene rings is 1. The zero-order chi connectivity index (χ0) is 13.8. The Balaban J connectivity index is 2.32. The van der Waals surface area contributed by atoms with Crippen LogP contribution < -0.4 is 9.47 Å². The topological polar surface area (TPSA) is 38.7 Å². The Kier molecular flexibility index (Phi) is 4.24. The third-order valence-corrected chi connectivity index (χ3v) is 3.98. The molecule has 0 bridgehead atoms. The molecular formula is C15H16O3S. The number of hydrogen-bond acceptors (Lipinski definition) is 4. The van der Waals surface area contributed by atoms with Gasteiger partial charge < -0.3 is 14.6 Å². The first-order valence-electron chi connectivity index (χ1n) is 5.81. The van der Waals surface area contributed by atoms with Crippen LogP contribution in [0.4, 0.5) is 0 Å². The van der Waals surface area contributed by atoms with Gasteiger partial charge in [0, 0.05) is 9.75 Å². The van der Waals surface area contributed by atoms with Crippen LogP contribution in [0.15, 0.2) is 36.9 Å². The third kappa shape index (κ3) is 2.80. The molecule has 3 nitrogen and oxygen atoms in total. The van der Waals surface area contributed by atoms with Crippen LogP contribution in [0.25, 0.3) is 6.08 Å². The van der Waals surface area contributed by atoms with Crippen LogP contribution in [0.1, 0.15) is 21.4 Å². The maximum atomic E-state index is 10.4. The van der Waals surface area contributed by atoms with E-state index in [-0.39, 0.29) is 0 Å². The lowest BCUT2D eigenvalue weighted by Crippen LogP contribution is -1.99. The molecule has 0 radical (unpaired) electrons. The number of aliphatic hydroxyl groups excluding tert-OH is 1. The Bertz CT molecular complexity index is 575. The zero-order valence-electron chi connectivity index (χ0n) is 10.9. The lowest BCUT2D eigenvalue weighted by atomic mass is 10.1. The SMILES string of the molecule is C=Cc1ccc(C(O)c2ccc(OC)c(OC)c2)s1. The molecule has 0 saturated heterocycles. The highest BCUT2D eigenvalue weighted by atomic mass is 32.1. The van der Waals surface area contributed by atoms with Crippen molar-refractivity contribution in [3.63, 3.8) is 0 Å². The van der Waals surface area contributed by atoms with Crippen LogP contribution in [0.2, 0.25) is 0 Å². The minimum Gasteiger partial charge on any atom is -0.493 e. The molecule has 1 N–H and O–H groups in total. The van der Waals surface area contributed by atoms with Crippen molar-refractivity contribution in [1.82, 2.24) is 0 Å². The fourth-order valence-electron chi connectivity index (χ4n) is 1.81. The fraction of sp³-hybridized carbons (Fsp3) is 0.200. The van der Waals surface area contributed by atoms with Crippen molar-refractivity contribution >= 4 is 17.4 Å². The smallest absolute Gasteiger partial charge is 0.161 e. The molecule has 0 aliphatic carbocycles. The van der Waals surface area contributed by atoms with E-state index in [0.717, 1.165) is 15.3 Å². The van der Waals surface area contributed by atoms with E-state index >= 15 is 0 Å². The molecule has 2 aromatic rings. The van der Waals surface area contributed by atoms with Crippen molar-refractivity contribution in [2.45, 2.75) is 6.10 Å². The second-order valence-electron chi connectivity index (χ2n) is 3.96. The average Bonchev–Trinajstić information content (AvgIpc) is 2.94. The third-order valence-electron chi connectivity index (χ3n) is 2.84. The Morgan fingerprint density at radius 1 is 1.16 bits per heavy atom. The number of benzene rings is 1. The van der Waals surface area contributed by atoms with Crippen LogP contribution in [0.5, 0.6) is 11.5 Å². The standard InChI is InChI=1S/C15H16O3S/c1-4-11-6-8-14(19-11)15(16)10-5-7-12(17-2)13(9-10)18-3/h4-9,15-16H,1H2,2-3H3. The normalized spacial score (nSPS) is 11.9. The molecule has 0 spiro atoms. The second-order valence-corrected chi connectivity index (χ2v) is 5.11. The highest BCUT2D eigenvalue weighted by Crippen LogP contribution is 2.34. The van der Waals surface area contributed by atoms with Crippen LogP contribution in [-0.2, 0) is 0 Å². The van der Waals surface area contributed by atoms with E-state index in [2.05, 4.69) is 6.58 Å². The minimum absolute atomic E-state index is 0.611. The minimum atomic E-state index is -0.668. The summed E-state index contributed by atoms with van der Waals surface area (Å²) in [5, 5.41) is 10.4. The molecule has 2 rings (SSSR count). The van der Waals surface area contributed by atoms with E-state index in [1.807, 2.05) is 18.2 Å². The molecule has 1 heterocycles. The van der Waals surface area contributed by atoms with E-state index in [1.165, 1.54) is 11.3 Å². The van der Waals surface area contributed by atoms with E-state index in [4.69, 9.17) is 9.47 Å². The molecule has 0 aliphatic rings. The highest BCUT2D eigenvalue weighted by Gasteiger charge is 2.15. The lowest BCUT2D eigenvalue weighted by molar-refractivity contribution is 0.223. The summed E-state index contributed by atoms with van der Waals surface area (Å²) in [5.41, 5.74) is 0.773. The summed E-state index contributed by atoms with van der Waals surface area (Å²) in [5.74, 6) is 1.26. The summed E-state index contributed by atoms with van der Waals surface area (Å²) >= 11 is 1.52. The van der Waals surface area contributed by atoms with Crippen molar-refractivity contribution in [3.8, 4) is 11.5 Å². The highest BCUT2D eigenvalue weighted by molar-refractivity contribution is 7.13. The molecule has 0 fully saturated rings. The van der Waals surface area contributed by atoms with Crippen molar-refractivity contribution in [3.05, 3.63) is 52.2 Å². The molecule has 0 amide bonds. The molecule has 4 heteroatoms. The molecule has 0 aliphatic heterocycles. The average molecular weight is 276 g/mol. The van der Waals surface area contributed by atoms with Crippen LogP contribution >= 0.6 is 11.3 Å². The predicted molar refractivity (Wildman–Crippen MR) is 78.0 cm³/mol. The van der Waals surface area contributed by atoms with Gasteiger partial charge in [0.1, 0.15) is 6.10 Å². The first-order chi connectivity index (χ1) is 9.19. The maximum absolute atomic E-state index is 10.4. The van der Waals surface area contributed by atoms with Gasteiger partial charge in [0.25, 0.3) is 0 Å². The Morgan fingerprint density at radius 3 is 2.47 bits per heavy atom. The molecule has 1 atom stereocenters. The molecule has 1 aromatic heterocycles. The predicted octanol–water partition coefficient (Wildman–Crippen LogP) is 3.49. The summed E-state index contributed by atoms with van der Waals surface area (Å²) in [6.07, 6.45) is 1.11. The number of hydrogen-bond donors (Lipinski definition) is 1. The lowest BCUT2D eigenvalue weighted by Gasteiger charge is -2.13. The van der Waals surface area contributed by atoms with Crippen molar-refractivity contribution in [2.24, 2.45) is 0 Å². The van der Waals surface area contributed by atoms with Gasteiger partial charge in [-0.1, -0.05) is 18.7 Å². The fourth-order valence-corrected chi connectivity index (χ4v) is 2.69. The Hall–Kier alpha value is -1.78. The van der Waals surface area contributed by atoms with Gasteiger partial charge in [-0.05, 0) is 29.8 Å². The molecule has 1 aromatic carbocycles. The van der Waals surface area contributed by atoms with E-state index in [9.17, 15) is 5.11 Å². The van der Waals surface area contributed by atoms with Gasteiger partial charge in [0.05, 0.1) is 14.2 Å². The van der Waals surface area contributed by atoms with Gasteiger partial charge in [-0.15, -0.1) is 11.3 Å². The Morgan fingerprint density at radius 2 is 1.89 bits per heavy atom. The number of methoxy groups -OCH3 is 2. The van der Waals surface area contributed by atoms with Gasteiger partial charge in [-0.3, -0.25) is 0 Å². The first-order valence-corrected chi connectivity index (χ1v) is 6.63. The van der Waals surface area contributed by atoms with Gasteiger partial charge >= 0.3 is 0 Å². The van der Waals surface area contributed by atoms with Gasteiger partial charge in [-0.2, -0.15) is 0 Å². The molecule has 19 heavy (non-hydrogen) atoms. The molecule has 100 valence electrons. The van der Waals surface area contributed by atoms with Crippen molar-refractivity contribution < 1.29 is 14.6 Å². The van der Waals surface area contributed by atoms with E-state index in [1.54, 1.807) is 32.4 Å². The summed E-state index contributed by atoms with van der Waals surface area (Å²) < 4.78 is 10.4. The summed E-state index contributed by atoms with van der Waals surface area (Å²) in [7, 11) is 3.17. The van der Waals surface area contributed by atoms with Gasteiger partial charge in [-0.25, -0.2) is 0 Å². The monoisotopic (exact) mass is 276 g/mol. The van der Waals surface area contributed by atoms with Crippen LogP contribution in [0.3, 0.4) is 0 Å². The van der Waals surface area contributed by atoms with Crippen LogP contribution in [-0.4, -0.2) is 19.3 Å². The Labute approximate surface area is 116 Å². The number of rotatable bonds is 5.